The van der Waals surface area contributed by atoms with Gasteiger partial charge < -0.3 is 10.7 Å². The van der Waals surface area contributed by atoms with Crippen LogP contribution in [-0.4, -0.2) is 31.3 Å². The molecule has 0 saturated heterocycles. The van der Waals surface area contributed by atoms with Gasteiger partial charge in [-0.15, -0.1) is 0 Å². The summed E-state index contributed by atoms with van der Waals surface area (Å²) in [5, 5.41) is 5.56. The third kappa shape index (κ3) is 1.79. The lowest BCUT2D eigenvalue weighted by atomic mass is 9.69. The lowest BCUT2D eigenvalue weighted by Gasteiger charge is -2.45. The minimum absolute atomic E-state index is 0.0119. The predicted molar refractivity (Wildman–Crippen MR) is 80.5 cm³/mol. The van der Waals surface area contributed by atoms with E-state index in [0.29, 0.717) is 6.54 Å². The summed E-state index contributed by atoms with van der Waals surface area (Å²) in [4.78, 5) is 11.7. The highest BCUT2D eigenvalue weighted by atomic mass is 15.3. The number of nitrogens with two attached hydrogens (primary N) is 1. The molecule has 3 aromatic heterocycles. The average molecular weight is 282 g/mol. The molecule has 0 radical (unpaired) electrons. The van der Waals surface area contributed by atoms with Gasteiger partial charge in [-0.3, -0.25) is 4.68 Å². The molecule has 0 bridgehead atoms. The van der Waals surface area contributed by atoms with Gasteiger partial charge in [0.05, 0.1) is 17.4 Å². The fraction of sp³-hybridized carbons (Fsp3) is 0.400. The second-order valence-corrected chi connectivity index (χ2v) is 6.08. The third-order valence-electron chi connectivity index (χ3n) is 4.53. The summed E-state index contributed by atoms with van der Waals surface area (Å²) >= 11 is 0. The zero-order valence-electron chi connectivity index (χ0n) is 12.0. The van der Waals surface area contributed by atoms with Crippen molar-refractivity contribution >= 4 is 11.0 Å². The van der Waals surface area contributed by atoms with Gasteiger partial charge in [0.15, 0.2) is 0 Å². The molecule has 6 heteroatoms. The van der Waals surface area contributed by atoms with Crippen molar-refractivity contribution in [2.45, 2.75) is 25.3 Å². The van der Waals surface area contributed by atoms with Gasteiger partial charge in [0.25, 0.3) is 0 Å². The molecule has 1 saturated carbocycles. The molecule has 3 heterocycles. The molecule has 0 atom stereocenters. The van der Waals surface area contributed by atoms with Crippen LogP contribution >= 0.6 is 0 Å². The number of hydrogen-bond donors (Lipinski definition) is 2. The molecule has 0 spiro atoms. The number of nitrogens with one attached hydrogen (secondary N) is 1. The zero-order chi connectivity index (χ0) is 14.4. The van der Waals surface area contributed by atoms with E-state index in [0.717, 1.165) is 41.1 Å². The highest BCUT2D eigenvalue weighted by Gasteiger charge is 2.43. The van der Waals surface area contributed by atoms with Crippen LogP contribution in [0.15, 0.2) is 31.0 Å². The summed E-state index contributed by atoms with van der Waals surface area (Å²) in [6.45, 7) is 2.88. The molecular formula is C15H18N6. The van der Waals surface area contributed by atoms with E-state index in [1.807, 2.05) is 23.1 Å². The Bertz CT molecular complexity index is 780. The molecule has 0 aliphatic heterocycles. The summed E-state index contributed by atoms with van der Waals surface area (Å²) in [6.07, 6.45) is 9.57. The van der Waals surface area contributed by atoms with E-state index in [2.05, 4.69) is 33.2 Å². The highest BCUT2D eigenvalue weighted by molar-refractivity contribution is 5.89. The first-order chi connectivity index (χ1) is 10.2. The molecule has 4 rings (SSSR count). The van der Waals surface area contributed by atoms with Crippen LogP contribution in [0.25, 0.3) is 22.3 Å². The van der Waals surface area contributed by atoms with E-state index in [4.69, 9.17) is 5.73 Å². The van der Waals surface area contributed by atoms with E-state index in [9.17, 15) is 0 Å². The van der Waals surface area contributed by atoms with Crippen molar-refractivity contribution in [1.29, 1.82) is 0 Å². The number of rotatable bonds is 3. The summed E-state index contributed by atoms with van der Waals surface area (Å²) in [5.74, 6) is 0.719. The first kappa shape index (κ1) is 12.5. The van der Waals surface area contributed by atoms with Crippen molar-refractivity contribution < 1.29 is 0 Å². The summed E-state index contributed by atoms with van der Waals surface area (Å²) < 4.78 is 2.03. The van der Waals surface area contributed by atoms with E-state index in [1.165, 1.54) is 0 Å². The highest BCUT2D eigenvalue weighted by Crippen LogP contribution is 2.43. The van der Waals surface area contributed by atoms with Crippen molar-refractivity contribution in [3.63, 3.8) is 0 Å². The molecule has 3 N–H and O–H groups in total. The Morgan fingerprint density at radius 1 is 1.43 bits per heavy atom. The Hall–Kier alpha value is -2.21. The van der Waals surface area contributed by atoms with Crippen LogP contribution in [0.4, 0.5) is 0 Å². The van der Waals surface area contributed by atoms with Gasteiger partial charge in [-0.05, 0) is 24.8 Å². The summed E-state index contributed by atoms with van der Waals surface area (Å²) in [7, 11) is 0. The molecule has 21 heavy (non-hydrogen) atoms. The Kier molecular flexibility index (Phi) is 2.62. The Morgan fingerprint density at radius 2 is 2.29 bits per heavy atom. The molecule has 0 amide bonds. The van der Waals surface area contributed by atoms with Crippen molar-refractivity contribution in [3.05, 3.63) is 31.0 Å². The second kappa shape index (κ2) is 4.39. The topological polar surface area (TPSA) is 85.4 Å². The van der Waals surface area contributed by atoms with Gasteiger partial charge in [-0.2, -0.15) is 5.10 Å². The number of fused-ring (bicyclic) bond motifs is 1. The van der Waals surface area contributed by atoms with Crippen LogP contribution in [-0.2, 0) is 5.54 Å². The Balaban J connectivity index is 1.76. The van der Waals surface area contributed by atoms with Crippen molar-refractivity contribution in [1.82, 2.24) is 24.7 Å². The van der Waals surface area contributed by atoms with Crippen molar-refractivity contribution in [2.75, 3.05) is 6.54 Å². The van der Waals surface area contributed by atoms with Crippen LogP contribution in [0.2, 0.25) is 0 Å². The predicted octanol–water partition coefficient (Wildman–Crippen LogP) is 1.91. The Morgan fingerprint density at radius 3 is 3.05 bits per heavy atom. The molecule has 0 aromatic carbocycles. The number of nitrogens with zero attached hydrogens (tertiary/aromatic N) is 4. The molecule has 108 valence electrons. The lowest BCUT2D eigenvalue weighted by Crippen LogP contribution is -2.51. The second-order valence-electron chi connectivity index (χ2n) is 6.08. The lowest BCUT2D eigenvalue weighted by molar-refractivity contribution is 0.0725. The van der Waals surface area contributed by atoms with E-state index < -0.39 is 0 Å². The van der Waals surface area contributed by atoms with Crippen LogP contribution < -0.4 is 5.73 Å². The maximum absolute atomic E-state index is 5.99. The number of H-pyrrole nitrogens is 1. The third-order valence-corrected chi connectivity index (χ3v) is 4.53. The van der Waals surface area contributed by atoms with Crippen molar-refractivity contribution in [2.24, 2.45) is 11.7 Å². The largest absolute Gasteiger partial charge is 0.346 e. The van der Waals surface area contributed by atoms with E-state index in [1.54, 1.807) is 6.33 Å². The maximum atomic E-state index is 5.99. The normalized spacial score (nSPS) is 25.1. The minimum atomic E-state index is -0.0119. The number of hydrogen-bond acceptors (Lipinski definition) is 4. The minimum Gasteiger partial charge on any atom is -0.346 e. The fourth-order valence-corrected chi connectivity index (χ4v) is 3.49. The van der Waals surface area contributed by atoms with Crippen LogP contribution in [0, 0.1) is 5.92 Å². The SMILES string of the molecule is CC1CC(CN)(n2cc(-c3ncnc4[nH]ccc34)cn2)C1. The first-order valence-corrected chi connectivity index (χ1v) is 7.25. The maximum Gasteiger partial charge on any atom is 0.141 e. The molecule has 1 aliphatic carbocycles. The molecule has 1 fully saturated rings. The number of aromatic amines is 1. The fourth-order valence-electron chi connectivity index (χ4n) is 3.49. The smallest absolute Gasteiger partial charge is 0.141 e. The first-order valence-electron chi connectivity index (χ1n) is 7.25. The molecule has 1 aliphatic rings. The monoisotopic (exact) mass is 282 g/mol. The number of aromatic nitrogens is 5. The molecular weight excluding hydrogens is 264 g/mol. The summed E-state index contributed by atoms with van der Waals surface area (Å²) in [5.41, 5.74) is 8.75. The summed E-state index contributed by atoms with van der Waals surface area (Å²) in [6, 6.07) is 1.99. The van der Waals surface area contributed by atoms with E-state index in [-0.39, 0.29) is 5.54 Å². The Labute approximate surface area is 122 Å². The molecule has 6 nitrogen and oxygen atoms in total. The van der Waals surface area contributed by atoms with Crippen molar-refractivity contribution in [3.8, 4) is 11.3 Å². The zero-order valence-corrected chi connectivity index (χ0v) is 12.0. The van der Waals surface area contributed by atoms with Crippen LogP contribution in [0.3, 0.4) is 0 Å². The quantitative estimate of drug-likeness (QED) is 0.768. The van der Waals surface area contributed by atoms with Gasteiger partial charge in [-0.1, -0.05) is 6.92 Å². The molecule has 3 aromatic rings. The van der Waals surface area contributed by atoms with Gasteiger partial charge in [0.1, 0.15) is 12.0 Å². The standard InChI is InChI=1S/C15H18N6/c1-10-4-15(5-10,8-16)21-7-11(6-20-21)13-12-2-3-17-14(12)19-9-18-13/h2-3,6-7,9-10H,4-5,8,16H2,1H3,(H,17,18,19). The van der Waals surface area contributed by atoms with E-state index >= 15 is 0 Å². The van der Waals surface area contributed by atoms with Gasteiger partial charge in [-0.25, -0.2) is 9.97 Å². The van der Waals surface area contributed by atoms with Gasteiger partial charge in [0.2, 0.25) is 0 Å². The van der Waals surface area contributed by atoms with Crippen LogP contribution in [0.1, 0.15) is 19.8 Å². The van der Waals surface area contributed by atoms with Gasteiger partial charge in [0, 0.05) is 29.9 Å². The average Bonchev–Trinajstić information content (AvgIpc) is 3.12. The van der Waals surface area contributed by atoms with Crippen LogP contribution in [0.5, 0.6) is 0 Å². The van der Waals surface area contributed by atoms with Gasteiger partial charge >= 0.3 is 0 Å². The molecule has 0 unspecified atom stereocenters.